The lowest BCUT2D eigenvalue weighted by atomic mass is 9.97. The van der Waals surface area contributed by atoms with Gasteiger partial charge in [-0.1, -0.05) is 17.7 Å². The lowest BCUT2D eigenvalue weighted by Crippen LogP contribution is -2.42. The van der Waals surface area contributed by atoms with Gasteiger partial charge < -0.3 is 19.5 Å². The van der Waals surface area contributed by atoms with E-state index in [-0.39, 0.29) is 29.9 Å². The van der Waals surface area contributed by atoms with Crippen molar-refractivity contribution in [2.75, 3.05) is 27.5 Å². The molecule has 196 valence electrons. The zero-order chi connectivity index (χ0) is 24.8. The highest BCUT2D eigenvalue weighted by Crippen LogP contribution is 2.39. The summed E-state index contributed by atoms with van der Waals surface area (Å²) in [5, 5.41) is 0. The molecular formula is C26H35ClN3O5P. The van der Waals surface area contributed by atoms with Crippen LogP contribution in [0.3, 0.4) is 0 Å². The van der Waals surface area contributed by atoms with E-state index in [2.05, 4.69) is 19.1 Å². The minimum absolute atomic E-state index is 0. The lowest BCUT2D eigenvalue weighted by molar-refractivity contribution is 0.354. The van der Waals surface area contributed by atoms with Crippen LogP contribution in [0.2, 0.25) is 0 Å². The zero-order valence-electron chi connectivity index (χ0n) is 21.8. The molecule has 0 saturated heterocycles. The van der Waals surface area contributed by atoms with Crippen LogP contribution in [0, 0.1) is 20.8 Å². The number of fused-ring (bicyclic) bond motifs is 3. The molecule has 0 atom stereocenters. The topological polar surface area (TPSA) is 106 Å². The Balaban J connectivity index is 0.00000228. The molecular weight excluding hydrogens is 501 g/mol. The molecule has 1 aliphatic rings. The van der Waals surface area contributed by atoms with E-state index in [1.54, 1.807) is 36.7 Å². The molecule has 10 heteroatoms. The van der Waals surface area contributed by atoms with Crippen LogP contribution in [-0.4, -0.2) is 42.2 Å². The Bertz CT molecular complexity index is 1450. The zero-order valence-corrected chi connectivity index (χ0v) is 23.5. The van der Waals surface area contributed by atoms with Gasteiger partial charge in [0.05, 0.1) is 31.9 Å². The Morgan fingerprint density at radius 1 is 0.972 bits per heavy atom. The Labute approximate surface area is 217 Å². The number of methoxy groups -OCH3 is 2. The summed E-state index contributed by atoms with van der Waals surface area (Å²) in [5.74, 6) is 1.27. The Morgan fingerprint density at radius 3 is 2.11 bits per heavy atom. The van der Waals surface area contributed by atoms with Gasteiger partial charge in [-0.05, 0) is 69.3 Å². The van der Waals surface area contributed by atoms with E-state index in [1.807, 2.05) is 32.0 Å². The molecule has 0 bridgehead atoms. The third kappa shape index (κ3) is 5.61. The summed E-state index contributed by atoms with van der Waals surface area (Å²) >= 11 is 0. The second kappa shape index (κ2) is 11.1. The number of hydrogen-bond donors (Lipinski definition) is 0. The van der Waals surface area contributed by atoms with Crippen molar-refractivity contribution in [3.8, 4) is 22.8 Å². The van der Waals surface area contributed by atoms with Gasteiger partial charge in [0, 0.05) is 18.2 Å². The van der Waals surface area contributed by atoms with Gasteiger partial charge in [-0.2, -0.15) is 0 Å². The number of halogens is 1. The number of benzene rings is 2. The first-order chi connectivity index (χ1) is 16.0. The molecule has 0 amide bonds. The summed E-state index contributed by atoms with van der Waals surface area (Å²) in [6.07, 6.45) is 0.818. The van der Waals surface area contributed by atoms with E-state index >= 15 is 0 Å². The standard InChI is InChI=1S/C26H32N3O4P.ClH.H2O/c1-16-10-17(2)25(18(3)11-16)27-24-14-21-20-13-23(33-5)22(32-4)12-19(20)8-9-28(21)26(30)29(24)15-34(6,7)31;;/h10-14H,8-9,15H2,1-7H3;1H;1H2. The molecule has 0 fully saturated rings. The Morgan fingerprint density at radius 2 is 1.56 bits per heavy atom. The van der Waals surface area contributed by atoms with Gasteiger partial charge in [0.2, 0.25) is 0 Å². The molecule has 8 nitrogen and oxygen atoms in total. The maximum atomic E-state index is 13.7. The van der Waals surface area contributed by atoms with Gasteiger partial charge in [0.15, 0.2) is 11.5 Å². The average molecular weight is 536 g/mol. The van der Waals surface area contributed by atoms with E-state index in [9.17, 15) is 9.36 Å². The maximum Gasteiger partial charge on any atom is 0.330 e. The summed E-state index contributed by atoms with van der Waals surface area (Å²) in [6.45, 7) is 10.0. The first-order valence-corrected chi connectivity index (χ1v) is 14.1. The van der Waals surface area contributed by atoms with Crippen molar-refractivity contribution in [3.05, 3.63) is 68.6 Å². The second-order valence-electron chi connectivity index (χ2n) is 9.44. The van der Waals surface area contributed by atoms with Crippen LogP contribution in [-0.2, 0) is 23.8 Å². The summed E-state index contributed by atoms with van der Waals surface area (Å²) < 4.78 is 27.1. The van der Waals surface area contributed by atoms with Gasteiger partial charge in [-0.3, -0.25) is 9.13 Å². The van der Waals surface area contributed by atoms with Crippen molar-refractivity contribution in [2.45, 2.75) is 40.0 Å². The van der Waals surface area contributed by atoms with Crippen LogP contribution < -0.4 is 20.7 Å². The molecule has 36 heavy (non-hydrogen) atoms. The van der Waals surface area contributed by atoms with Gasteiger partial charge >= 0.3 is 5.69 Å². The van der Waals surface area contributed by atoms with Crippen LogP contribution >= 0.6 is 19.5 Å². The third-order valence-corrected chi connectivity index (χ3v) is 7.09. The van der Waals surface area contributed by atoms with Crippen LogP contribution in [0.1, 0.15) is 22.3 Å². The molecule has 4 rings (SSSR count). The van der Waals surface area contributed by atoms with Crippen LogP contribution in [0.5, 0.6) is 11.5 Å². The van der Waals surface area contributed by atoms with Crippen molar-refractivity contribution >= 4 is 25.2 Å². The molecule has 2 N–H and O–H groups in total. The van der Waals surface area contributed by atoms with E-state index in [4.69, 9.17) is 14.5 Å². The first kappa shape index (κ1) is 29.4. The summed E-state index contributed by atoms with van der Waals surface area (Å²) in [4.78, 5) is 18.7. The van der Waals surface area contributed by atoms with E-state index in [1.165, 1.54) is 0 Å². The first-order valence-electron chi connectivity index (χ1n) is 11.3. The van der Waals surface area contributed by atoms with Gasteiger partial charge in [0.25, 0.3) is 0 Å². The van der Waals surface area contributed by atoms with E-state index < -0.39 is 7.14 Å². The van der Waals surface area contributed by atoms with E-state index in [0.717, 1.165) is 39.2 Å². The van der Waals surface area contributed by atoms with Gasteiger partial charge in [-0.25, -0.2) is 9.79 Å². The van der Waals surface area contributed by atoms with Crippen molar-refractivity contribution in [1.29, 1.82) is 0 Å². The third-order valence-electron chi connectivity index (χ3n) is 6.13. The number of aryl methyl sites for hydroxylation is 4. The molecule has 0 radical (unpaired) electrons. The minimum atomic E-state index is -2.55. The quantitative estimate of drug-likeness (QED) is 0.456. The predicted molar refractivity (Wildman–Crippen MR) is 147 cm³/mol. The Hall–Kier alpha value is -2.80. The highest BCUT2D eigenvalue weighted by atomic mass is 35.5. The lowest BCUT2D eigenvalue weighted by Gasteiger charge is -2.25. The average Bonchev–Trinajstić information content (AvgIpc) is 2.76. The fourth-order valence-corrected chi connectivity index (χ4v) is 5.64. The fourth-order valence-electron chi connectivity index (χ4n) is 4.69. The molecule has 1 aromatic heterocycles. The maximum absolute atomic E-state index is 13.7. The molecule has 2 heterocycles. The molecule has 0 spiro atoms. The second-order valence-corrected chi connectivity index (χ2v) is 12.9. The van der Waals surface area contributed by atoms with Crippen LogP contribution in [0.4, 0.5) is 5.69 Å². The van der Waals surface area contributed by atoms with Crippen molar-refractivity contribution in [3.63, 3.8) is 0 Å². The monoisotopic (exact) mass is 535 g/mol. The fraction of sp³-hybridized carbons (Fsp3) is 0.385. The smallest absolute Gasteiger partial charge is 0.330 e. The SMILES string of the molecule is COc1cc2c(cc1OC)-c1cc(=Nc3c(C)cc(C)cc3C)n(CP(C)(C)=O)c(=O)n1CC2.Cl.O. The van der Waals surface area contributed by atoms with Crippen molar-refractivity contribution in [1.82, 2.24) is 9.13 Å². The largest absolute Gasteiger partial charge is 0.493 e. The van der Waals surface area contributed by atoms with Gasteiger partial charge in [0.1, 0.15) is 12.6 Å². The normalized spacial score (nSPS) is 12.7. The molecule has 0 saturated carbocycles. The highest BCUT2D eigenvalue weighted by molar-refractivity contribution is 7.61. The molecule has 0 unspecified atom stereocenters. The Kier molecular flexibility index (Phi) is 9.05. The van der Waals surface area contributed by atoms with Gasteiger partial charge in [-0.15, -0.1) is 12.4 Å². The molecule has 1 aliphatic heterocycles. The van der Waals surface area contributed by atoms with E-state index in [0.29, 0.717) is 30.0 Å². The van der Waals surface area contributed by atoms with Crippen LogP contribution in [0.15, 0.2) is 40.1 Å². The molecule has 2 aromatic carbocycles. The van der Waals surface area contributed by atoms with Crippen LogP contribution in [0.25, 0.3) is 11.3 Å². The number of rotatable bonds is 5. The van der Waals surface area contributed by atoms with Crippen molar-refractivity contribution in [2.24, 2.45) is 4.99 Å². The van der Waals surface area contributed by atoms with Crippen molar-refractivity contribution < 1.29 is 19.5 Å². The summed E-state index contributed by atoms with van der Waals surface area (Å²) in [7, 11) is 0.666. The molecule has 3 aromatic rings. The number of nitrogens with zero attached hydrogens (tertiary/aromatic N) is 3. The highest BCUT2D eigenvalue weighted by Gasteiger charge is 2.23. The summed E-state index contributed by atoms with van der Waals surface area (Å²) in [6, 6.07) is 9.98. The minimum Gasteiger partial charge on any atom is -0.493 e. The number of aromatic nitrogens is 2. The number of ether oxygens (including phenoxy) is 2. The number of hydrogen-bond acceptors (Lipinski definition) is 5. The molecule has 0 aliphatic carbocycles. The predicted octanol–water partition coefficient (Wildman–Crippen LogP) is 4.23. The summed E-state index contributed by atoms with van der Waals surface area (Å²) in [5.41, 5.74) is 7.11.